The molecule has 0 saturated heterocycles. The van der Waals surface area contributed by atoms with E-state index in [0.29, 0.717) is 26.1 Å². The highest BCUT2D eigenvalue weighted by molar-refractivity contribution is 5.69. The van der Waals surface area contributed by atoms with Crippen LogP contribution in [-0.4, -0.2) is 11.9 Å². The molecule has 0 atom stereocenters. The monoisotopic (exact) mass is 480 g/mol. The molecule has 0 aliphatic rings. The SMILES string of the molecule is O=C(CCCCCCCCCCCCCCCC(=O)OCc1ccccc1)OCc1ccccc1. The van der Waals surface area contributed by atoms with Crippen LogP contribution < -0.4 is 0 Å². The van der Waals surface area contributed by atoms with Crippen LogP contribution in [0.25, 0.3) is 0 Å². The first-order valence-electron chi connectivity index (χ1n) is 13.6. The standard InChI is InChI=1S/C31H44O4/c32-30(34-26-28-20-14-12-15-21-28)24-18-10-8-6-4-2-1-3-5-7-9-11-19-25-31(33)35-27-29-22-16-13-17-23-29/h12-17,20-23H,1-11,18-19,24-27H2. The summed E-state index contributed by atoms with van der Waals surface area (Å²) in [5.74, 6) is -0.173. The number of ether oxygens (including phenoxy) is 2. The van der Waals surface area contributed by atoms with Gasteiger partial charge < -0.3 is 9.47 Å². The van der Waals surface area contributed by atoms with Gasteiger partial charge in [-0.1, -0.05) is 131 Å². The number of rotatable bonds is 20. The lowest BCUT2D eigenvalue weighted by molar-refractivity contribution is -0.146. The molecule has 2 rings (SSSR count). The fraction of sp³-hybridized carbons (Fsp3) is 0.548. The van der Waals surface area contributed by atoms with E-state index in [0.717, 1.165) is 36.8 Å². The van der Waals surface area contributed by atoms with Gasteiger partial charge in [0.2, 0.25) is 0 Å². The van der Waals surface area contributed by atoms with Crippen molar-refractivity contribution in [2.24, 2.45) is 0 Å². The molecular weight excluding hydrogens is 436 g/mol. The van der Waals surface area contributed by atoms with Gasteiger partial charge in [0, 0.05) is 12.8 Å². The predicted molar refractivity (Wildman–Crippen MR) is 142 cm³/mol. The minimum Gasteiger partial charge on any atom is -0.461 e. The average molecular weight is 481 g/mol. The molecule has 0 aliphatic heterocycles. The molecule has 0 aromatic heterocycles. The van der Waals surface area contributed by atoms with Gasteiger partial charge in [-0.2, -0.15) is 0 Å². The fourth-order valence-electron chi connectivity index (χ4n) is 4.10. The maximum absolute atomic E-state index is 11.8. The smallest absolute Gasteiger partial charge is 0.306 e. The Hall–Kier alpha value is -2.62. The zero-order valence-electron chi connectivity index (χ0n) is 21.4. The second kappa shape index (κ2) is 19.7. The van der Waals surface area contributed by atoms with E-state index in [9.17, 15) is 9.59 Å². The Labute approximate surface area is 212 Å². The highest BCUT2D eigenvalue weighted by atomic mass is 16.5. The fourth-order valence-corrected chi connectivity index (χ4v) is 4.10. The number of esters is 2. The summed E-state index contributed by atoms with van der Waals surface area (Å²) >= 11 is 0. The van der Waals surface area contributed by atoms with Crippen LogP contribution in [0.2, 0.25) is 0 Å². The van der Waals surface area contributed by atoms with Crippen LogP contribution in [0.15, 0.2) is 60.7 Å². The average Bonchev–Trinajstić information content (AvgIpc) is 2.89. The van der Waals surface area contributed by atoms with Gasteiger partial charge in [-0.15, -0.1) is 0 Å². The summed E-state index contributed by atoms with van der Waals surface area (Å²) in [7, 11) is 0. The van der Waals surface area contributed by atoms with Crippen molar-refractivity contribution in [2.45, 2.75) is 110 Å². The van der Waals surface area contributed by atoms with Gasteiger partial charge in [0.15, 0.2) is 0 Å². The molecule has 4 heteroatoms. The number of unbranched alkanes of at least 4 members (excludes halogenated alkanes) is 12. The van der Waals surface area contributed by atoms with Crippen molar-refractivity contribution in [2.75, 3.05) is 0 Å². The van der Waals surface area contributed by atoms with E-state index < -0.39 is 0 Å². The van der Waals surface area contributed by atoms with E-state index in [4.69, 9.17) is 9.47 Å². The molecule has 0 spiro atoms. The normalized spacial score (nSPS) is 10.7. The van der Waals surface area contributed by atoms with Crippen molar-refractivity contribution in [3.05, 3.63) is 71.8 Å². The van der Waals surface area contributed by atoms with Crippen LogP contribution in [0.4, 0.5) is 0 Å². The quantitative estimate of drug-likeness (QED) is 0.141. The molecule has 0 radical (unpaired) electrons. The molecule has 0 N–H and O–H groups in total. The molecule has 4 nitrogen and oxygen atoms in total. The highest BCUT2D eigenvalue weighted by Gasteiger charge is 2.04. The van der Waals surface area contributed by atoms with Crippen molar-refractivity contribution in [3.8, 4) is 0 Å². The molecule has 0 fully saturated rings. The second-order valence-corrected chi connectivity index (χ2v) is 9.39. The summed E-state index contributed by atoms with van der Waals surface area (Å²) in [6.45, 7) is 0.757. The summed E-state index contributed by atoms with van der Waals surface area (Å²) in [6, 6.07) is 19.7. The Morgan fingerprint density at radius 2 is 0.714 bits per heavy atom. The summed E-state index contributed by atoms with van der Waals surface area (Å²) < 4.78 is 10.6. The third-order valence-corrected chi connectivity index (χ3v) is 6.25. The lowest BCUT2D eigenvalue weighted by Gasteiger charge is -2.06. The van der Waals surface area contributed by atoms with Crippen LogP contribution in [0, 0.1) is 0 Å². The van der Waals surface area contributed by atoms with Crippen LogP contribution in [0.3, 0.4) is 0 Å². The maximum atomic E-state index is 11.8. The molecule has 0 heterocycles. The van der Waals surface area contributed by atoms with Crippen LogP contribution in [-0.2, 0) is 32.3 Å². The number of benzene rings is 2. The van der Waals surface area contributed by atoms with Gasteiger partial charge in [0.05, 0.1) is 0 Å². The van der Waals surface area contributed by atoms with E-state index in [-0.39, 0.29) is 11.9 Å². The van der Waals surface area contributed by atoms with Crippen LogP contribution in [0.1, 0.15) is 107 Å². The van der Waals surface area contributed by atoms with Gasteiger partial charge in [-0.3, -0.25) is 9.59 Å². The first-order valence-corrected chi connectivity index (χ1v) is 13.6. The Balaban J connectivity index is 1.26. The topological polar surface area (TPSA) is 52.6 Å². The third kappa shape index (κ3) is 15.8. The van der Waals surface area contributed by atoms with Crippen molar-refractivity contribution in [1.29, 1.82) is 0 Å². The van der Waals surface area contributed by atoms with E-state index >= 15 is 0 Å². The molecule has 0 unspecified atom stereocenters. The van der Waals surface area contributed by atoms with Gasteiger partial charge in [-0.05, 0) is 24.0 Å². The van der Waals surface area contributed by atoms with E-state index in [1.807, 2.05) is 60.7 Å². The molecule has 35 heavy (non-hydrogen) atoms. The largest absolute Gasteiger partial charge is 0.461 e. The first kappa shape index (κ1) is 28.6. The number of carbonyl (C=O) groups is 2. The minimum absolute atomic E-state index is 0.0863. The summed E-state index contributed by atoms with van der Waals surface area (Å²) in [6.07, 6.45) is 16.6. The molecule has 2 aromatic rings. The minimum atomic E-state index is -0.0863. The molecule has 0 aliphatic carbocycles. The molecule has 0 bridgehead atoms. The molecule has 192 valence electrons. The molecular formula is C31H44O4. The Morgan fingerprint density at radius 1 is 0.429 bits per heavy atom. The van der Waals surface area contributed by atoms with Gasteiger partial charge in [0.25, 0.3) is 0 Å². The second-order valence-electron chi connectivity index (χ2n) is 9.39. The number of hydrogen-bond donors (Lipinski definition) is 0. The third-order valence-electron chi connectivity index (χ3n) is 6.25. The lowest BCUT2D eigenvalue weighted by Crippen LogP contribution is -2.04. The number of hydrogen-bond acceptors (Lipinski definition) is 4. The van der Waals surface area contributed by atoms with Crippen molar-refractivity contribution >= 4 is 11.9 Å². The Kier molecular flexibility index (Phi) is 16.1. The van der Waals surface area contributed by atoms with E-state index in [2.05, 4.69) is 0 Å². The van der Waals surface area contributed by atoms with Crippen molar-refractivity contribution in [3.63, 3.8) is 0 Å². The van der Waals surface area contributed by atoms with Crippen LogP contribution >= 0.6 is 0 Å². The highest BCUT2D eigenvalue weighted by Crippen LogP contribution is 2.14. The van der Waals surface area contributed by atoms with Crippen LogP contribution in [0.5, 0.6) is 0 Å². The zero-order chi connectivity index (χ0) is 24.8. The van der Waals surface area contributed by atoms with Gasteiger partial charge >= 0.3 is 11.9 Å². The Bertz CT molecular complexity index is 721. The van der Waals surface area contributed by atoms with Gasteiger partial charge in [-0.25, -0.2) is 0 Å². The lowest BCUT2D eigenvalue weighted by atomic mass is 10.0. The van der Waals surface area contributed by atoms with E-state index in [1.165, 1.54) is 57.8 Å². The molecule has 2 aromatic carbocycles. The first-order chi connectivity index (χ1) is 17.2. The van der Waals surface area contributed by atoms with Crippen molar-refractivity contribution in [1.82, 2.24) is 0 Å². The van der Waals surface area contributed by atoms with Crippen molar-refractivity contribution < 1.29 is 19.1 Å². The summed E-state index contributed by atoms with van der Waals surface area (Å²) in [5, 5.41) is 0. The summed E-state index contributed by atoms with van der Waals surface area (Å²) in [5.41, 5.74) is 2.08. The summed E-state index contributed by atoms with van der Waals surface area (Å²) in [4.78, 5) is 23.6. The predicted octanol–water partition coefficient (Wildman–Crippen LogP) is 8.32. The number of carbonyl (C=O) groups excluding carboxylic acids is 2. The zero-order valence-corrected chi connectivity index (χ0v) is 21.4. The molecule has 0 saturated carbocycles. The Morgan fingerprint density at radius 3 is 1.03 bits per heavy atom. The van der Waals surface area contributed by atoms with Gasteiger partial charge in [0.1, 0.15) is 13.2 Å². The maximum Gasteiger partial charge on any atom is 0.306 e. The van der Waals surface area contributed by atoms with E-state index in [1.54, 1.807) is 0 Å². The molecule has 0 amide bonds.